The lowest BCUT2D eigenvalue weighted by molar-refractivity contribution is 0.121. The smallest absolute Gasteiger partial charge is 0.123 e. The average Bonchev–Trinajstić information content (AvgIpc) is 3.15. The van der Waals surface area contributed by atoms with Gasteiger partial charge in [0.05, 0.1) is 5.69 Å². The third-order valence-corrected chi connectivity index (χ3v) is 6.85. The van der Waals surface area contributed by atoms with Crippen molar-refractivity contribution in [3.05, 3.63) is 74.7 Å². The molecular weight excluding hydrogens is 409 g/mol. The summed E-state index contributed by atoms with van der Waals surface area (Å²) in [7, 11) is 0. The molecule has 1 aliphatic heterocycles. The molecule has 1 aromatic heterocycles. The minimum atomic E-state index is 0.751. The SMILES string of the molecule is Cc1ccccc1-c1nc(CN2CCN(Cc3c(Cl)cccc3Cl)CC2)cs1. The molecule has 146 valence electrons. The van der Waals surface area contributed by atoms with Crippen LogP contribution in [0.5, 0.6) is 0 Å². The summed E-state index contributed by atoms with van der Waals surface area (Å²) < 4.78 is 0. The predicted molar refractivity (Wildman–Crippen MR) is 119 cm³/mol. The topological polar surface area (TPSA) is 19.4 Å². The molecule has 1 saturated heterocycles. The Balaban J connectivity index is 1.33. The van der Waals surface area contributed by atoms with Gasteiger partial charge in [-0.15, -0.1) is 11.3 Å². The normalized spacial score (nSPS) is 15.8. The Kier molecular flexibility index (Phi) is 6.34. The van der Waals surface area contributed by atoms with Gasteiger partial charge in [0.25, 0.3) is 0 Å². The minimum Gasteiger partial charge on any atom is -0.296 e. The molecule has 2 aromatic carbocycles. The van der Waals surface area contributed by atoms with Crippen molar-refractivity contribution in [3.63, 3.8) is 0 Å². The molecule has 28 heavy (non-hydrogen) atoms. The fraction of sp³-hybridized carbons (Fsp3) is 0.318. The van der Waals surface area contributed by atoms with Crippen molar-refractivity contribution in [2.75, 3.05) is 26.2 Å². The van der Waals surface area contributed by atoms with Crippen LogP contribution in [0.1, 0.15) is 16.8 Å². The van der Waals surface area contributed by atoms with Crippen LogP contribution in [0.4, 0.5) is 0 Å². The van der Waals surface area contributed by atoms with Gasteiger partial charge in [-0.25, -0.2) is 4.98 Å². The lowest BCUT2D eigenvalue weighted by Crippen LogP contribution is -2.45. The highest BCUT2D eigenvalue weighted by Crippen LogP contribution is 2.28. The Morgan fingerprint density at radius 1 is 0.893 bits per heavy atom. The molecule has 1 aliphatic rings. The van der Waals surface area contributed by atoms with Gasteiger partial charge in [0.15, 0.2) is 0 Å². The van der Waals surface area contributed by atoms with E-state index in [-0.39, 0.29) is 0 Å². The van der Waals surface area contributed by atoms with Crippen molar-refractivity contribution in [1.29, 1.82) is 0 Å². The maximum absolute atomic E-state index is 6.32. The molecule has 0 saturated carbocycles. The van der Waals surface area contributed by atoms with Crippen molar-refractivity contribution in [3.8, 4) is 10.6 Å². The number of aryl methyl sites for hydroxylation is 1. The molecule has 0 aliphatic carbocycles. The van der Waals surface area contributed by atoms with Crippen LogP contribution in [0.25, 0.3) is 10.6 Å². The van der Waals surface area contributed by atoms with Gasteiger partial charge in [0.1, 0.15) is 5.01 Å². The summed E-state index contributed by atoms with van der Waals surface area (Å²) in [6.45, 7) is 7.93. The second-order valence-electron chi connectivity index (χ2n) is 7.21. The van der Waals surface area contributed by atoms with E-state index in [0.717, 1.165) is 65.6 Å². The third-order valence-electron chi connectivity index (χ3n) is 5.22. The Morgan fingerprint density at radius 3 is 2.21 bits per heavy atom. The van der Waals surface area contributed by atoms with E-state index in [1.165, 1.54) is 11.1 Å². The highest BCUT2D eigenvalue weighted by Gasteiger charge is 2.20. The number of piperazine rings is 1. The molecule has 4 rings (SSSR count). The molecular formula is C22H23Cl2N3S. The number of hydrogen-bond donors (Lipinski definition) is 0. The van der Waals surface area contributed by atoms with E-state index in [1.54, 1.807) is 11.3 Å². The van der Waals surface area contributed by atoms with Gasteiger partial charge in [-0.2, -0.15) is 0 Å². The summed E-state index contributed by atoms with van der Waals surface area (Å²) in [5, 5.41) is 4.81. The summed E-state index contributed by atoms with van der Waals surface area (Å²) in [6, 6.07) is 14.2. The summed E-state index contributed by atoms with van der Waals surface area (Å²) in [5.41, 5.74) is 4.70. The van der Waals surface area contributed by atoms with Crippen molar-refractivity contribution >= 4 is 34.5 Å². The van der Waals surface area contributed by atoms with Crippen LogP contribution in [0.2, 0.25) is 10.0 Å². The fourth-order valence-electron chi connectivity index (χ4n) is 3.56. The summed E-state index contributed by atoms with van der Waals surface area (Å²) >= 11 is 14.4. The van der Waals surface area contributed by atoms with Crippen LogP contribution in [0.15, 0.2) is 47.8 Å². The Bertz CT molecular complexity index is 928. The molecule has 3 nitrogen and oxygen atoms in total. The monoisotopic (exact) mass is 431 g/mol. The molecule has 0 spiro atoms. The van der Waals surface area contributed by atoms with Gasteiger partial charge in [0, 0.05) is 65.8 Å². The van der Waals surface area contributed by atoms with Crippen LogP contribution in [0, 0.1) is 6.92 Å². The second kappa shape index (κ2) is 8.93. The zero-order valence-electron chi connectivity index (χ0n) is 15.9. The minimum absolute atomic E-state index is 0.751. The predicted octanol–water partition coefficient (Wildman–Crippen LogP) is 5.74. The quantitative estimate of drug-likeness (QED) is 0.512. The first-order chi connectivity index (χ1) is 13.6. The van der Waals surface area contributed by atoms with Gasteiger partial charge < -0.3 is 0 Å². The van der Waals surface area contributed by atoms with Crippen LogP contribution in [-0.4, -0.2) is 41.0 Å². The van der Waals surface area contributed by atoms with E-state index in [9.17, 15) is 0 Å². The Morgan fingerprint density at radius 2 is 1.54 bits per heavy atom. The van der Waals surface area contributed by atoms with Crippen molar-refractivity contribution in [2.24, 2.45) is 0 Å². The van der Waals surface area contributed by atoms with E-state index in [0.29, 0.717) is 0 Å². The number of rotatable bonds is 5. The highest BCUT2D eigenvalue weighted by atomic mass is 35.5. The molecule has 1 fully saturated rings. The number of halogens is 2. The van der Waals surface area contributed by atoms with Crippen LogP contribution >= 0.6 is 34.5 Å². The van der Waals surface area contributed by atoms with Crippen molar-refractivity contribution in [1.82, 2.24) is 14.8 Å². The van der Waals surface area contributed by atoms with Gasteiger partial charge in [-0.3, -0.25) is 9.80 Å². The van der Waals surface area contributed by atoms with Gasteiger partial charge in [0.2, 0.25) is 0 Å². The van der Waals surface area contributed by atoms with Crippen LogP contribution in [0.3, 0.4) is 0 Å². The largest absolute Gasteiger partial charge is 0.296 e. The Labute approximate surface area is 180 Å². The average molecular weight is 432 g/mol. The van der Waals surface area contributed by atoms with E-state index in [1.807, 2.05) is 18.2 Å². The van der Waals surface area contributed by atoms with E-state index >= 15 is 0 Å². The second-order valence-corrected chi connectivity index (χ2v) is 8.88. The summed E-state index contributed by atoms with van der Waals surface area (Å²) in [5.74, 6) is 0. The van der Waals surface area contributed by atoms with Gasteiger partial charge in [-0.05, 0) is 24.6 Å². The first-order valence-corrected chi connectivity index (χ1v) is 11.1. The Hall–Kier alpha value is -1.43. The number of nitrogens with zero attached hydrogens (tertiary/aromatic N) is 3. The molecule has 0 radical (unpaired) electrons. The molecule has 0 N–H and O–H groups in total. The third kappa shape index (κ3) is 4.58. The molecule has 2 heterocycles. The first kappa shape index (κ1) is 19.9. The summed E-state index contributed by atoms with van der Waals surface area (Å²) in [6.07, 6.45) is 0. The van der Waals surface area contributed by atoms with E-state index in [4.69, 9.17) is 28.2 Å². The molecule has 0 bridgehead atoms. The van der Waals surface area contributed by atoms with Gasteiger partial charge >= 0.3 is 0 Å². The molecule has 0 unspecified atom stereocenters. The zero-order valence-corrected chi connectivity index (χ0v) is 18.2. The van der Waals surface area contributed by atoms with Crippen LogP contribution < -0.4 is 0 Å². The lowest BCUT2D eigenvalue weighted by Gasteiger charge is -2.34. The fourth-order valence-corrected chi connectivity index (χ4v) is 4.98. The van der Waals surface area contributed by atoms with Crippen molar-refractivity contribution in [2.45, 2.75) is 20.0 Å². The number of hydrogen-bond acceptors (Lipinski definition) is 4. The number of benzene rings is 2. The van der Waals surface area contributed by atoms with Crippen LogP contribution in [-0.2, 0) is 13.1 Å². The molecule has 0 atom stereocenters. The first-order valence-electron chi connectivity index (χ1n) is 9.48. The van der Waals surface area contributed by atoms with E-state index < -0.39 is 0 Å². The summed E-state index contributed by atoms with van der Waals surface area (Å²) in [4.78, 5) is 9.77. The zero-order chi connectivity index (χ0) is 19.5. The number of thiazole rings is 1. The number of aromatic nitrogens is 1. The van der Waals surface area contributed by atoms with E-state index in [2.05, 4.69) is 46.4 Å². The molecule has 3 aromatic rings. The highest BCUT2D eigenvalue weighted by molar-refractivity contribution is 7.13. The van der Waals surface area contributed by atoms with Gasteiger partial charge in [-0.1, -0.05) is 53.5 Å². The maximum atomic E-state index is 6.32. The maximum Gasteiger partial charge on any atom is 0.123 e. The molecule has 6 heteroatoms. The molecule has 0 amide bonds. The standard InChI is InChI=1S/C22H23Cl2N3S/c1-16-5-2-3-6-18(16)22-25-17(15-28-22)13-26-9-11-27(12-10-26)14-19-20(23)7-4-8-21(19)24/h2-8,15H,9-14H2,1H3. The van der Waals surface area contributed by atoms with Crippen molar-refractivity contribution < 1.29 is 0 Å². The lowest BCUT2D eigenvalue weighted by atomic mass is 10.1.